The van der Waals surface area contributed by atoms with Crippen LogP contribution in [0.5, 0.6) is 0 Å². The van der Waals surface area contributed by atoms with Gasteiger partial charge in [-0.15, -0.1) is 0 Å². The molecule has 15 atom stereocenters. The third kappa shape index (κ3) is 6.54. The summed E-state index contributed by atoms with van der Waals surface area (Å²) in [6.45, 7) is 0. The van der Waals surface area contributed by atoms with Crippen LogP contribution in [0.1, 0.15) is 0 Å². The van der Waals surface area contributed by atoms with E-state index < -0.39 is 110 Å². The van der Waals surface area contributed by atoms with Crippen molar-refractivity contribution in [1.82, 2.24) is 0 Å². The largest absolute Gasteiger partial charge is 2.00 e. The Hall–Kier alpha value is -0.850. The topological polar surface area (TPSA) is 326 Å². The molecule has 0 amide bonds. The number of aliphatic hydroxyl groups is 8. The monoisotopic (exact) mass is 584 g/mol. The van der Waals surface area contributed by atoms with Gasteiger partial charge in [-0.3, -0.25) is 0 Å². The number of ether oxygens (including phenoxy) is 5. The summed E-state index contributed by atoms with van der Waals surface area (Å²) in [6.07, 6.45) is -33.3. The summed E-state index contributed by atoms with van der Waals surface area (Å²) in [7, 11) is 0. The Morgan fingerprint density at radius 1 is 0.553 bits per heavy atom. The molecule has 0 spiro atoms. The van der Waals surface area contributed by atoms with Crippen LogP contribution in [-0.2, 0) is 38.1 Å². The molecule has 0 aromatic carbocycles. The Kier molecular flexibility index (Phi) is 11.6. The van der Waals surface area contributed by atoms with E-state index >= 15 is 0 Å². The fourth-order valence-electron chi connectivity index (χ4n) is 3.96. The van der Waals surface area contributed by atoms with Crippen LogP contribution in [0.15, 0.2) is 0 Å². The van der Waals surface area contributed by atoms with Crippen LogP contribution in [0, 0.1) is 0 Å². The van der Waals surface area contributed by atoms with E-state index in [0.717, 1.165) is 0 Å². The summed E-state index contributed by atoms with van der Waals surface area (Å²) in [5.41, 5.74) is 0. The molecular formula is C18H24CaO19. The van der Waals surface area contributed by atoms with Crippen LogP contribution < -0.4 is 10.2 Å². The minimum Gasteiger partial charge on any atom is -0.547 e. The second kappa shape index (κ2) is 13.2. The minimum atomic E-state index is -2.32. The van der Waals surface area contributed by atoms with Crippen molar-refractivity contribution in [3.8, 4) is 0 Å². The Morgan fingerprint density at radius 3 is 1.45 bits per heavy atom. The standard InChI is InChI=1S/C18H26O19.Ca/c19-1-2(20)10(13(26)27)36-17(6(1)24)35-9-4(22)7(25)18(37-12(9)15(30)31)34-8-3(21)5(23)16(32)33-11(8)14(28)29;/h1-12,16-25,32H,(H,26,27)(H,28,29)(H,30,31);/q;+2/p-2/t1-,2-,3+,4+,5-,6-,7-,8-,9-,10-,11+,12+,16+,17+,18+;/m0./s1. The van der Waals surface area contributed by atoms with Gasteiger partial charge < -0.3 is 89.4 Å². The molecule has 0 aliphatic carbocycles. The maximum Gasteiger partial charge on any atom is 2.00 e. The van der Waals surface area contributed by atoms with Gasteiger partial charge >= 0.3 is 43.7 Å². The third-order valence-corrected chi connectivity index (χ3v) is 5.97. The van der Waals surface area contributed by atoms with Crippen LogP contribution in [0.3, 0.4) is 0 Å². The van der Waals surface area contributed by atoms with E-state index in [-0.39, 0.29) is 37.7 Å². The van der Waals surface area contributed by atoms with E-state index in [1.54, 1.807) is 0 Å². The van der Waals surface area contributed by atoms with E-state index in [0.29, 0.717) is 0 Å². The summed E-state index contributed by atoms with van der Waals surface area (Å²) in [6, 6.07) is 0. The quantitative estimate of drug-likeness (QED) is 0.125. The Labute approximate surface area is 241 Å². The van der Waals surface area contributed by atoms with E-state index in [2.05, 4.69) is 4.74 Å². The second-order valence-electron chi connectivity index (χ2n) is 8.41. The van der Waals surface area contributed by atoms with Gasteiger partial charge in [0.2, 0.25) is 0 Å². The predicted molar refractivity (Wildman–Crippen MR) is 103 cm³/mol. The van der Waals surface area contributed by atoms with Crippen molar-refractivity contribution in [2.45, 2.75) is 92.1 Å². The van der Waals surface area contributed by atoms with Gasteiger partial charge in [0, 0.05) is 0 Å². The van der Waals surface area contributed by atoms with Crippen molar-refractivity contribution in [1.29, 1.82) is 0 Å². The molecule has 9 N–H and O–H groups in total. The molecule has 0 aromatic heterocycles. The number of carbonyl (C=O) groups excluding carboxylic acids is 2. The normalized spacial score (nSPS) is 47.5. The maximum atomic E-state index is 11.8. The molecule has 3 aliphatic heterocycles. The first-order chi connectivity index (χ1) is 17.2. The number of rotatable bonds is 7. The average molecular weight is 584 g/mol. The zero-order chi connectivity index (χ0) is 27.9. The van der Waals surface area contributed by atoms with Crippen LogP contribution in [-0.4, -0.2) is 194 Å². The maximum absolute atomic E-state index is 11.8. The molecular weight excluding hydrogens is 560 g/mol. The summed E-state index contributed by atoms with van der Waals surface area (Å²) in [5.74, 6) is -6.00. The summed E-state index contributed by atoms with van der Waals surface area (Å²) in [5, 5.41) is 112. The van der Waals surface area contributed by atoms with Crippen LogP contribution in [0.25, 0.3) is 0 Å². The minimum absolute atomic E-state index is 0. The molecule has 212 valence electrons. The van der Waals surface area contributed by atoms with Gasteiger partial charge in [0.25, 0.3) is 0 Å². The van der Waals surface area contributed by atoms with Gasteiger partial charge in [0.1, 0.15) is 67.1 Å². The van der Waals surface area contributed by atoms with Crippen molar-refractivity contribution >= 4 is 55.6 Å². The first-order valence-electron chi connectivity index (χ1n) is 10.5. The van der Waals surface area contributed by atoms with Gasteiger partial charge in [-0.05, 0) is 0 Å². The zero-order valence-electron chi connectivity index (χ0n) is 19.0. The van der Waals surface area contributed by atoms with E-state index in [1.165, 1.54) is 0 Å². The molecule has 3 saturated heterocycles. The van der Waals surface area contributed by atoms with Crippen molar-refractivity contribution in [2.75, 3.05) is 0 Å². The SMILES string of the molecule is O=C([O-])[C@H]1O[C@@H](O[C@H]2[C@H](O)[C@H](O)[C@H](O[C@H]3[C@H](O)[C@H](O)[C@H](O)O[C@H]3C(=O)[O-])O[C@H]2C(=O)O)[C@@H](O)[C@@H](O)[C@@H]1O.[Ca+2]. The van der Waals surface area contributed by atoms with E-state index in [9.17, 15) is 70.6 Å². The molecule has 3 aliphatic rings. The van der Waals surface area contributed by atoms with Crippen molar-refractivity contribution in [2.24, 2.45) is 0 Å². The first kappa shape index (κ1) is 33.4. The second-order valence-corrected chi connectivity index (χ2v) is 8.41. The van der Waals surface area contributed by atoms with Gasteiger partial charge in [0.15, 0.2) is 25.0 Å². The fourth-order valence-corrected chi connectivity index (χ4v) is 3.96. The number of hydrogen-bond acceptors (Lipinski definition) is 18. The molecule has 19 nitrogen and oxygen atoms in total. The first-order valence-corrected chi connectivity index (χ1v) is 10.5. The van der Waals surface area contributed by atoms with Gasteiger partial charge in [-0.25, -0.2) is 4.79 Å². The fraction of sp³-hybridized carbons (Fsp3) is 0.833. The molecule has 0 saturated carbocycles. The van der Waals surface area contributed by atoms with E-state index in [1.807, 2.05) is 0 Å². The van der Waals surface area contributed by atoms with E-state index in [4.69, 9.17) is 18.9 Å². The van der Waals surface area contributed by atoms with Gasteiger partial charge in [-0.1, -0.05) is 0 Å². The number of aliphatic hydroxyl groups excluding tert-OH is 8. The number of aliphatic carboxylic acids is 3. The molecule has 0 bridgehead atoms. The molecule has 3 heterocycles. The van der Waals surface area contributed by atoms with Crippen LogP contribution in [0.2, 0.25) is 0 Å². The van der Waals surface area contributed by atoms with Crippen LogP contribution >= 0.6 is 0 Å². The van der Waals surface area contributed by atoms with Crippen molar-refractivity contribution < 1.29 is 94.2 Å². The van der Waals surface area contributed by atoms with Crippen molar-refractivity contribution in [3.05, 3.63) is 0 Å². The third-order valence-electron chi connectivity index (χ3n) is 5.97. The van der Waals surface area contributed by atoms with Gasteiger partial charge in [-0.2, -0.15) is 0 Å². The Bertz CT molecular complexity index is 860. The van der Waals surface area contributed by atoms with Crippen LogP contribution in [0.4, 0.5) is 0 Å². The van der Waals surface area contributed by atoms with Crippen molar-refractivity contribution in [3.63, 3.8) is 0 Å². The Balaban J connectivity index is 0.00000507. The predicted octanol–water partition coefficient (Wildman–Crippen LogP) is -10.3. The summed E-state index contributed by atoms with van der Waals surface area (Å²) in [4.78, 5) is 34.3. The number of hydrogen-bond donors (Lipinski definition) is 9. The zero-order valence-corrected chi connectivity index (χ0v) is 21.2. The molecule has 20 heteroatoms. The Morgan fingerprint density at radius 2 is 0.974 bits per heavy atom. The number of carbonyl (C=O) groups is 3. The molecule has 0 aromatic rings. The number of carboxylic acids is 3. The summed E-state index contributed by atoms with van der Waals surface area (Å²) < 4.78 is 24.6. The molecule has 3 fully saturated rings. The van der Waals surface area contributed by atoms with Gasteiger partial charge in [0.05, 0.1) is 11.9 Å². The molecule has 0 unspecified atom stereocenters. The average Bonchev–Trinajstić information content (AvgIpc) is 2.82. The summed E-state index contributed by atoms with van der Waals surface area (Å²) >= 11 is 0. The molecule has 3 rings (SSSR count). The molecule has 0 radical (unpaired) electrons. The smallest absolute Gasteiger partial charge is 0.547 e. The number of carboxylic acid groups (broad SMARTS) is 3. The molecule has 38 heavy (non-hydrogen) atoms.